The van der Waals surface area contributed by atoms with Crippen molar-refractivity contribution in [2.75, 3.05) is 44.4 Å². The Bertz CT molecular complexity index is 552. The summed E-state index contributed by atoms with van der Waals surface area (Å²) < 4.78 is 22.7. The number of hydrazine groups is 1. The first kappa shape index (κ1) is 14.1. The molecule has 0 bridgehead atoms. The SMILES string of the molecule is CN1CCN(Nc2cc(N)cc(S(N)(=O)=O)c2)CC1. The molecule has 2 rings (SSSR count). The topological polar surface area (TPSA) is 105 Å². The van der Waals surface area contributed by atoms with Crippen molar-refractivity contribution in [3.05, 3.63) is 18.2 Å². The van der Waals surface area contributed by atoms with Crippen LogP contribution in [0.25, 0.3) is 0 Å². The number of nitrogens with two attached hydrogens (primary N) is 2. The first-order chi connectivity index (χ1) is 8.84. The van der Waals surface area contributed by atoms with Gasteiger partial charge in [-0.1, -0.05) is 0 Å². The number of rotatable bonds is 3. The van der Waals surface area contributed by atoms with Crippen molar-refractivity contribution in [1.29, 1.82) is 0 Å². The van der Waals surface area contributed by atoms with Crippen LogP contribution in [0.4, 0.5) is 11.4 Å². The molecule has 106 valence electrons. The van der Waals surface area contributed by atoms with E-state index in [1.54, 1.807) is 6.07 Å². The molecular formula is C11H19N5O2S. The monoisotopic (exact) mass is 285 g/mol. The second-order valence-electron chi connectivity index (χ2n) is 4.74. The number of nitrogens with zero attached hydrogens (tertiary/aromatic N) is 2. The van der Waals surface area contributed by atoms with Crippen molar-refractivity contribution < 1.29 is 8.42 Å². The molecule has 19 heavy (non-hydrogen) atoms. The third-order valence-corrected chi connectivity index (χ3v) is 3.94. The van der Waals surface area contributed by atoms with Gasteiger partial charge in [-0.15, -0.1) is 0 Å². The van der Waals surface area contributed by atoms with Crippen LogP contribution in [0.5, 0.6) is 0 Å². The Morgan fingerprint density at radius 1 is 1.16 bits per heavy atom. The van der Waals surface area contributed by atoms with Crippen molar-refractivity contribution in [2.24, 2.45) is 5.14 Å². The number of likely N-dealkylation sites (N-methyl/N-ethyl adjacent to an activating group) is 1. The van der Waals surface area contributed by atoms with Gasteiger partial charge in [-0.25, -0.2) is 18.6 Å². The molecule has 1 aromatic rings. The quantitative estimate of drug-likeness (QED) is 0.646. The summed E-state index contributed by atoms with van der Waals surface area (Å²) in [5.74, 6) is 0. The van der Waals surface area contributed by atoms with E-state index in [9.17, 15) is 8.42 Å². The zero-order valence-corrected chi connectivity index (χ0v) is 11.7. The summed E-state index contributed by atoms with van der Waals surface area (Å²) in [6.45, 7) is 3.63. The van der Waals surface area contributed by atoms with Crippen LogP contribution in [0.15, 0.2) is 23.1 Å². The molecule has 0 spiro atoms. The maximum absolute atomic E-state index is 11.3. The van der Waals surface area contributed by atoms with E-state index in [1.807, 2.05) is 5.01 Å². The lowest BCUT2D eigenvalue weighted by Gasteiger charge is -2.33. The van der Waals surface area contributed by atoms with Crippen LogP contribution >= 0.6 is 0 Å². The molecule has 1 heterocycles. The van der Waals surface area contributed by atoms with Crippen LogP contribution in [0.2, 0.25) is 0 Å². The van der Waals surface area contributed by atoms with Gasteiger partial charge in [0, 0.05) is 31.9 Å². The van der Waals surface area contributed by atoms with Crippen LogP contribution in [0.3, 0.4) is 0 Å². The minimum atomic E-state index is -3.74. The van der Waals surface area contributed by atoms with Gasteiger partial charge in [0.1, 0.15) is 0 Å². The van der Waals surface area contributed by atoms with Crippen molar-refractivity contribution in [1.82, 2.24) is 9.91 Å². The molecule has 0 saturated carbocycles. The third kappa shape index (κ3) is 3.80. The molecule has 1 aliphatic heterocycles. The summed E-state index contributed by atoms with van der Waals surface area (Å²) in [5.41, 5.74) is 9.85. The van der Waals surface area contributed by atoms with E-state index in [-0.39, 0.29) is 4.90 Å². The fourth-order valence-corrected chi connectivity index (χ4v) is 2.54. The average molecular weight is 285 g/mol. The van der Waals surface area contributed by atoms with Crippen LogP contribution in [0.1, 0.15) is 0 Å². The van der Waals surface area contributed by atoms with Gasteiger partial charge in [-0.2, -0.15) is 0 Å². The second kappa shape index (κ2) is 5.33. The molecular weight excluding hydrogens is 266 g/mol. The first-order valence-electron chi connectivity index (χ1n) is 5.98. The number of sulfonamides is 1. The fourth-order valence-electron chi connectivity index (χ4n) is 1.95. The van der Waals surface area contributed by atoms with Crippen LogP contribution in [-0.2, 0) is 10.0 Å². The molecule has 0 aromatic heterocycles. The molecule has 0 aliphatic carbocycles. The van der Waals surface area contributed by atoms with Crippen molar-refractivity contribution in [3.63, 3.8) is 0 Å². The summed E-state index contributed by atoms with van der Waals surface area (Å²) in [5, 5.41) is 7.14. The van der Waals surface area contributed by atoms with E-state index in [4.69, 9.17) is 10.9 Å². The van der Waals surface area contributed by atoms with Crippen LogP contribution in [0, 0.1) is 0 Å². The van der Waals surface area contributed by atoms with Crippen LogP contribution < -0.4 is 16.3 Å². The number of nitrogen functional groups attached to an aromatic ring is 1. The highest BCUT2D eigenvalue weighted by molar-refractivity contribution is 7.89. The molecule has 7 nitrogen and oxygen atoms in total. The highest BCUT2D eigenvalue weighted by Gasteiger charge is 2.15. The minimum absolute atomic E-state index is 0.0177. The minimum Gasteiger partial charge on any atom is -0.399 e. The molecule has 0 unspecified atom stereocenters. The Hall–Kier alpha value is -1.35. The maximum atomic E-state index is 11.3. The summed E-state index contributed by atoms with van der Waals surface area (Å²) in [4.78, 5) is 2.25. The normalized spacial score (nSPS) is 18.4. The Labute approximate surface area is 113 Å². The number of benzene rings is 1. The van der Waals surface area contributed by atoms with Crippen molar-refractivity contribution in [2.45, 2.75) is 4.90 Å². The first-order valence-corrected chi connectivity index (χ1v) is 7.53. The average Bonchev–Trinajstić information content (AvgIpc) is 2.30. The molecule has 1 aliphatic rings. The van der Waals surface area contributed by atoms with Gasteiger partial charge in [0.25, 0.3) is 0 Å². The predicted molar refractivity (Wildman–Crippen MR) is 74.9 cm³/mol. The number of primary sulfonamides is 1. The lowest BCUT2D eigenvalue weighted by atomic mass is 10.3. The largest absolute Gasteiger partial charge is 0.399 e. The predicted octanol–water partition coefficient (Wildman–Crippen LogP) is -0.509. The Balaban J connectivity index is 2.14. The number of nitrogens with one attached hydrogen (secondary N) is 1. The van der Waals surface area contributed by atoms with E-state index >= 15 is 0 Å². The highest BCUT2D eigenvalue weighted by Crippen LogP contribution is 2.20. The fraction of sp³-hybridized carbons (Fsp3) is 0.455. The maximum Gasteiger partial charge on any atom is 0.238 e. The number of piperazine rings is 1. The Kier molecular flexibility index (Phi) is 3.95. The summed E-state index contributed by atoms with van der Waals surface area (Å²) in [6, 6.07) is 4.53. The van der Waals surface area contributed by atoms with Gasteiger partial charge >= 0.3 is 0 Å². The van der Waals surface area contributed by atoms with Gasteiger partial charge in [-0.3, -0.25) is 0 Å². The second-order valence-corrected chi connectivity index (χ2v) is 6.30. The van der Waals surface area contributed by atoms with Gasteiger partial charge in [0.05, 0.1) is 10.6 Å². The van der Waals surface area contributed by atoms with Gasteiger partial charge in [0.2, 0.25) is 10.0 Å². The lowest BCUT2D eigenvalue weighted by Crippen LogP contribution is -2.46. The molecule has 0 amide bonds. The van der Waals surface area contributed by atoms with E-state index in [1.165, 1.54) is 12.1 Å². The van der Waals surface area contributed by atoms with Gasteiger partial charge in [-0.05, 0) is 25.2 Å². The van der Waals surface area contributed by atoms with E-state index in [0.29, 0.717) is 11.4 Å². The number of anilines is 2. The van der Waals surface area contributed by atoms with Crippen molar-refractivity contribution in [3.8, 4) is 0 Å². The Morgan fingerprint density at radius 3 is 2.37 bits per heavy atom. The number of hydrogen-bond acceptors (Lipinski definition) is 6. The van der Waals surface area contributed by atoms with Crippen LogP contribution in [-0.4, -0.2) is 51.6 Å². The standard InChI is InChI=1S/C11H19N5O2S/c1-15-2-4-16(5-3-15)14-10-6-9(12)7-11(8-10)19(13,17)18/h6-8,14H,2-5,12H2,1H3,(H2,13,17,18). The molecule has 8 heteroatoms. The lowest BCUT2D eigenvalue weighted by molar-refractivity contribution is 0.179. The van der Waals surface area contributed by atoms with Gasteiger partial charge < -0.3 is 16.1 Å². The summed E-state index contributed by atoms with van der Waals surface area (Å²) in [6.07, 6.45) is 0. The molecule has 1 saturated heterocycles. The molecule has 0 atom stereocenters. The van der Waals surface area contributed by atoms with E-state index in [0.717, 1.165) is 26.2 Å². The van der Waals surface area contributed by atoms with E-state index in [2.05, 4.69) is 17.4 Å². The number of hydrogen-bond donors (Lipinski definition) is 3. The zero-order valence-electron chi connectivity index (χ0n) is 10.8. The molecule has 1 fully saturated rings. The molecule has 5 N–H and O–H groups in total. The van der Waals surface area contributed by atoms with Crippen molar-refractivity contribution >= 4 is 21.4 Å². The third-order valence-electron chi connectivity index (χ3n) is 3.05. The summed E-state index contributed by atoms with van der Waals surface area (Å²) >= 11 is 0. The van der Waals surface area contributed by atoms with E-state index < -0.39 is 10.0 Å². The summed E-state index contributed by atoms with van der Waals surface area (Å²) in [7, 11) is -1.68. The zero-order chi connectivity index (χ0) is 14.0. The smallest absolute Gasteiger partial charge is 0.238 e. The molecule has 0 radical (unpaired) electrons. The Morgan fingerprint density at radius 2 is 1.79 bits per heavy atom. The van der Waals surface area contributed by atoms with Gasteiger partial charge in [0.15, 0.2) is 0 Å². The highest BCUT2D eigenvalue weighted by atomic mass is 32.2. The molecule has 1 aromatic carbocycles.